The Morgan fingerprint density at radius 1 is 0.933 bits per heavy atom. The van der Waals surface area contributed by atoms with Crippen LogP contribution in [0.5, 0.6) is 0 Å². The first-order chi connectivity index (χ1) is 14.7. The van der Waals surface area contributed by atoms with Crippen molar-refractivity contribution >= 4 is 5.65 Å². The Kier molecular flexibility index (Phi) is 4.35. The smallest absolute Gasteiger partial charge is 0.205 e. The molecule has 2 aromatic carbocycles. The predicted molar refractivity (Wildman–Crippen MR) is 116 cm³/mol. The van der Waals surface area contributed by atoms with Crippen molar-refractivity contribution in [2.24, 2.45) is 0 Å². The standard InChI is InChI=1S/C23H21N7/c1-4-20-21(30-23(24-20)14(2)13-15(3)27-30)17-11-9-16(10-12-17)18-7-5-6-8-19(18)22-25-28-29-26-22/h5-13H,4H2,1-3H3,(H,25,26,28,29). The summed E-state index contributed by atoms with van der Waals surface area (Å²) in [6.07, 6.45) is 0.847. The fraction of sp³-hybridized carbons (Fsp3) is 0.174. The van der Waals surface area contributed by atoms with E-state index in [-0.39, 0.29) is 0 Å². The highest BCUT2D eigenvalue weighted by Crippen LogP contribution is 2.32. The lowest BCUT2D eigenvalue weighted by Crippen LogP contribution is -1.99. The fourth-order valence-electron chi connectivity index (χ4n) is 3.92. The normalized spacial score (nSPS) is 11.3. The predicted octanol–water partition coefficient (Wildman–Crippen LogP) is 4.42. The molecular formula is C23H21N7. The van der Waals surface area contributed by atoms with Crippen molar-refractivity contribution in [2.75, 3.05) is 0 Å². The molecule has 0 aliphatic carbocycles. The number of rotatable bonds is 4. The number of imidazole rings is 1. The number of fused-ring (bicyclic) bond motifs is 1. The summed E-state index contributed by atoms with van der Waals surface area (Å²) in [5.74, 6) is 0.583. The van der Waals surface area contributed by atoms with Crippen LogP contribution in [0.2, 0.25) is 0 Å². The van der Waals surface area contributed by atoms with Crippen molar-refractivity contribution in [3.8, 4) is 33.8 Å². The summed E-state index contributed by atoms with van der Waals surface area (Å²) in [5, 5.41) is 19.2. The average Bonchev–Trinajstić information content (AvgIpc) is 3.42. The zero-order valence-corrected chi connectivity index (χ0v) is 17.1. The maximum Gasteiger partial charge on any atom is 0.205 e. The number of aromatic nitrogens is 7. The van der Waals surface area contributed by atoms with Crippen LogP contribution in [-0.2, 0) is 6.42 Å². The number of tetrazole rings is 1. The van der Waals surface area contributed by atoms with Gasteiger partial charge in [0.2, 0.25) is 5.82 Å². The van der Waals surface area contributed by atoms with Crippen LogP contribution in [0.3, 0.4) is 0 Å². The molecule has 1 N–H and O–H groups in total. The first kappa shape index (κ1) is 18.2. The number of aryl methyl sites for hydroxylation is 3. The van der Waals surface area contributed by atoms with E-state index in [1.807, 2.05) is 29.6 Å². The summed E-state index contributed by atoms with van der Waals surface area (Å²) in [7, 11) is 0. The number of hydrogen-bond donors (Lipinski definition) is 1. The van der Waals surface area contributed by atoms with Crippen molar-refractivity contribution in [3.63, 3.8) is 0 Å². The van der Waals surface area contributed by atoms with Gasteiger partial charge in [0.25, 0.3) is 0 Å². The van der Waals surface area contributed by atoms with Crippen molar-refractivity contribution in [2.45, 2.75) is 27.2 Å². The molecule has 0 fully saturated rings. The van der Waals surface area contributed by atoms with Gasteiger partial charge in [-0.15, -0.1) is 10.2 Å². The molecule has 0 bridgehead atoms. The van der Waals surface area contributed by atoms with Gasteiger partial charge in [0.15, 0.2) is 5.65 Å². The Bertz CT molecular complexity index is 1330. The summed E-state index contributed by atoms with van der Waals surface area (Å²) < 4.78 is 1.98. The maximum atomic E-state index is 4.85. The average molecular weight is 395 g/mol. The topological polar surface area (TPSA) is 84.6 Å². The van der Waals surface area contributed by atoms with Crippen LogP contribution in [-0.4, -0.2) is 35.2 Å². The van der Waals surface area contributed by atoms with E-state index in [4.69, 9.17) is 10.1 Å². The van der Waals surface area contributed by atoms with E-state index in [1.54, 1.807) is 0 Å². The summed E-state index contributed by atoms with van der Waals surface area (Å²) >= 11 is 0. The van der Waals surface area contributed by atoms with E-state index in [0.29, 0.717) is 5.82 Å². The molecule has 0 spiro atoms. The summed E-state index contributed by atoms with van der Waals surface area (Å²) in [5.41, 5.74) is 9.32. The van der Waals surface area contributed by atoms with Crippen LogP contribution in [0.4, 0.5) is 0 Å². The zero-order valence-electron chi connectivity index (χ0n) is 17.1. The number of nitrogens with one attached hydrogen (secondary N) is 1. The second-order valence-corrected chi connectivity index (χ2v) is 7.32. The zero-order chi connectivity index (χ0) is 20.7. The second-order valence-electron chi connectivity index (χ2n) is 7.32. The SMILES string of the molecule is CCc1nc2c(C)cc(C)nn2c1-c1ccc(-c2ccccc2-c2nn[nH]n2)cc1. The van der Waals surface area contributed by atoms with Crippen LogP contribution in [0.1, 0.15) is 23.9 Å². The van der Waals surface area contributed by atoms with Gasteiger partial charge >= 0.3 is 0 Å². The molecule has 5 rings (SSSR count). The molecule has 5 aromatic rings. The van der Waals surface area contributed by atoms with Gasteiger partial charge in [0.1, 0.15) is 0 Å². The van der Waals surface area contributed by atoms with E-state index >= 15 is 0 Å². The van der Waals surface area contributed by atoms with Crippen molar-refractivity contribution in [3.05, 3.63) is 71.5 Å². The lowest BCUT2D eigenvalue weighted by molar-refractivity contribution is 0.881. The lowest BCUT2D eigenvalue weighted by atomic mass is 9.97. The van der Waals surface area contributed by atoms with E-state index in [9.17, 15) is 0 Å². The molecule has 0 unspecified atom stereocenters. The van der Waals surface area contributed by atoms with Gasteiger partial charge in [-0.1, -0.05) is 55.5 Å². The maximum absolute atomic E-state index is 4.85. The van der Waals surface area contributed by atoms with Gasteiger partial charge in [0, 0.05) is 11.1 Å². The lowest BCUT2D eigenvalue weighted by Gasteiger charge is -2.09. The Morgan fingerprint density at radius 3 is 2.37 bits per heavy atom. The monoisotopic (exact) mass is 395 g/mol. The Morgan fingerprint density at radius 2 is 1.67 bits per heavy atom. The Balaban J connectivity index is 1.63. The molecule has 7 nitrogen and oxygen atoms in total. The van der Waals surface area contributed by atoms with Crippen molar-refractivity contribution in [1.82, 2.24) is 35.2 Å². The van der Waals surface area contributed by atoms with Crippen LogP contribution in [0.25, 0.3) is 39.4 Å². The van der Waals surface area contributed by atoms with E-state index in [1.165, 1.54) is 0 Å². The molecule has 3 aromatic heterocycles. The molecule has 0 radical (unpaired) electrons. The van der Waals surface area contributed by atoms with Crippen LogP contribution in [0.15, 0.2) is 54.6 Å². The number of H-pyrrole nitrogens is 1. The Labute approximate surface area is 173 Å². The molecule has 0 saturated heterocycles. The third kappa shape index (κ3) is 2.95. The van der Waals surface area contributed by atoms with Gasteiger partial charge < -0.3 is 0 Å². The van der Waals surface area contributed by atoms with E-state index in [2.05, 4.69) is 70.9 Å². The molecule has 0 aliphatic heterocycles. The quantitative estimate of drug-likeness (QED) is 0.487. The van der Waals surface area contributed by atoms with E-state index in [0.717, 1.165) is 57.0 Å². The van der Waals surface area contributed by atoms with Gasteiger partial charge in [-0.3, -0.25) is 0 Å². The first-order valence-electron chi connectivity index (χ1n) is 9.95. The molecule has 0 saturated carbocycles. The highest BCUT2D eigenvalue weighted by atomic mass is 15.5. The van der Waals surface area contributed by atoms with Crippen molar-refractivity contribution < 1.29 is 0 Å². The number of benzene rings is 2. The number of hydrogen-bond acceptors (Lipinski definition) is 5. The van der Waals surface area contributed by atoms with Gasteiger partial charge in [-0.2, -0.15) is 10.3 Å². The van der Waals surface area contributed by atoms with Gasteiger partial charge in [-0.05, 0) is 48.2 Å². The highest BCUT2D eigenvalue weighted by Gasteiger charge is 2.17. The molecule has 0 amide bonds. The largest absolute Gasteiger partial charge is 0.231 e. The van der Waals surface area contributed by atoms with E-state index < -0.39 is 0 Å². The number of nitrogens with zero attached hydrogens (tertiary/aromatic N) is 6. The van der Waals surface area contributed by atoms with Crippen LogP contribution >= 0.6 is 0 Å². The molecule has 7 heteroatoms. The van der Waals surface area contributed by atoms with Gasteiger partial charge in [-0.25, -0.2) is 9.50 Å². The molecule has 30 heavy (non-hydrogen) atoms. The summed E-state index contributed by atoms with van der Waals surface area (Å²) in [6, 6.07) is 18.6. The van der Waals surface area contributed by atoms with Crippen LogP contribution < -0.4 is 0 Å². The number of aromatic amines is 1. The molecular weight excluding hydrogens is 374 g/mol. The minimum atomic E-state index is 0.583. The molecule has 3 heterocycles. The fourth-order valence-corrected chi connectivity index (χ4v) is 3.92. The minimum Gasteiger partial charge on any atom is -0.231 e. The second kappa shape index (κ2) is 7.18. The Hall–Kier alpha value is -3.87. The van der Waals surface area contributed by atoms with Gasteiger partial charge in [0.05, 0.1) is 17.1 Å². The minimum absolute atomic E-state index is 0.583. The summed E-state index contributed by atoms with van der Waals surface area (Å²) in [6.45, 7) is 6.22. The molecule has 0 aliphatic rings. The third-order valence-electron chi connectivity index (χ3n) is 5.28. The van der Waals surface area contributed by atoms with Crippen molar-refractivity contribution in [1.29, 1.82) is 0 Å². The summed E-state index contributed by atoms with van der Waals surface area (Å²) in [4.78, 5) is 4.85. The first-order valence-corrected chi connectivity index (χ1v) is 9.95. The molecule has 0 atom stereocenters. The highest BCUT2D eigenvalue weighted by molar-refractivity contribution is 5.81. The van der Waals surface area contributed by atoms with Crippen LogP contribution in [0, 0.1) is 13.8 Å². The third-order valence-corrected chi connectivity index (χ3v) is 5.28. The molecule has 148 valence electrons.